The molecule has 0 radical (unpaired) electrons. The number of fused-ring (bicyclic) bond motifs is 1. The van der Waals surface area contributed by atoms with E-state index in [0.717, 1.165) is 18.5 Å². The van der Waals surface area contributed by atoms with E-state index in [2.05, 4.69) is 4.98 Å². The lowest BCUT2D eigenvalue weighted by Crippen LogP contribution is -2.35. The van der Waals surface area contributed by atoms with Gasteiger partial charge >= 0.3 is 5.97 Å². The van der Waals surface area contributed by atoms with Crippen molar-refractivity contribution in [2.45, 2.75) is 37.7 Å². The van der Waals surface area contributed by atoms with Crippen molar-refractivity contribution in [3.63, 3.8) is 0 Å². The van der Waals surface area contributed by atoms with E-state index in [1.54, 1.807) is 47.1 Å². The Morgan fingerprint density at radius 2 is 1.96 bits per heavy atom. The summed E-state index contributed by atoms with van der Waals surface area (Å²) in [5.74, 6) is -0.732. The zero-order valence-corrected chi connectivity index (χ0v) is 14.9. The smallest absolute Gasteiger partial charge is 0.317 e. The third-order valence-electron chi connectivity index (χ3n) is 5.05. The predicted molar refractivity (Wildman–Crippen MR) is 96.5 cm³/mol. The normalized spacial score (nSPS) is 16.1. The van der Waals surface area contributed by atoms with Crippen LogP contribution in [-0.4, -0.2) is 15.4 Å². The van der Waals surface area contributed by atoms with Gasteiger partial charge in [-0.25, -0.2) is 9.37 Å². The molecule has 4 rings (SSSR count). The molecule has 6 heteroatoms. The summed E-state index contributed by atoms with van der Waals surface area (Å²) < 4.78 is 21.7. The molecule has 1 fully saturated rings. The summed E-state index contributed by atoms with van der Waals surface area (Å²) >= 11 is 5.97. The molecule has 134 valence electrons. The second-order valence-electron chi connectivity index (χ2n) is 6.69. The number of carbonyl (C=O) groups excluding carboxylic acids is 1. The van der Waals surface area contributed by atoms with E-state index in [1.807, 2.05) is 0 Å². The standard InChI is InChI=1S/C20H18ClFN2O2/c21-14-7-8-18-23-15(12-24(18)11-14)13-26-19(25)20(9-3-4-10-20)16-5-1-2-6-17(16)22/h1-2,5-8,11-12H,3-4,9-10,13H2. The van der Waals surface area contributed by atoms with E-state index in [9.17, 15) is 9.18 Å². The Morgan fingerprint density at radius 3 is 2.73 bits per heavy atom. The summed E-state index contributed by atoms with van der Waals surface area (Å²) in [4.78, 5) is 17.3. The third-order valence-corrected chi connectivity index (χ3v) is 5.28. The van der Waals surface area contributed by atoms with Gasteiger partial charge in [0.25, 0.3) is 0 Å². The molecule has 0 spiro atoms. The molecule has 2 heterocycles. The molecule has 3 aromatic rings. The average Bonchev–Trinajstić information content (AvgIpc) is 3.27. The van der Waals surface area contributed by atoms with Crippen molar-refractivity contribution in [1.82, 2.24) is 9.38 Å². The second-order valence-corrected chi connectivity index (χ2v) is 7.13. The van der Waals surface area contributed by atoms with E-state index in [-0.39, 0.29) is 18.4 Å². The number of nitrogens with zero attached hydrogens (tertiary/aromatic N) is 2. The summed E-state index contributed by atoms with van der Waals surface area (Å²) in [6, 6.07) is 10.0. The van der Waals surface area contributed by atoms with Crippen LogP contribution in [0.3, 0.4) is 0 Å². The summed E-state index contributed by atoms with van der Waals surface area (Å²) in [7, 11) is 0. The number of halogens is 2. The topological polar surface area (TPSA) is 43.6 Å². The first kappa shape index (κ1) is 17.0. The number of ether oxygens (including phenoxy) is 1. The number of carbonyl (C=O) groups is 1. The maximum atomic E-state index is 14.4. The molecule has 0 bridgehead atoms. The number of aromatic nitrogens is 2. The summed E-state index contributed by atoms with van der Waals surface area (Å²) in [5.41, 5.74) is 0.894. The van der Waals surface area contributed by atoms with Crippen molar-refractivity contribution >= 4 is 23.2 Å². The zero-order chi connectivity index (χ0) is 18.1. The number of hydrogen-bond donors (Lipinski definition) is 0. The van der Waals surface area contributed by atoms with Crippen molar-refractivity contribution in [3.05, 3.63) is 70.9 Å². The molecule has 0 atom stereocenters. The van der Waals surface area contributed by atoms with Gasteiger partial charge in [0.15, 0.2) is 0 Å². The molecule has 0 N–H and O–H groups in total. The molecular formula is C20H18ClFN2O2. The second kappa shape index (κ2) is 6.72. The summed E-state index contributed by atoms with van der Waals surface area (Å²) in [5, 5.41) is 0.600. The lowest BCUT2D eigenvalue weighted by Gasteiger charge is -2.27. The van der Waals surface area contributed by atoms with Crippen LogP contribution in [0, 0.1) is 5.82 Å². The maximum absolute atomic E-state index is 14.4. The highest BCUT2D eigenvalue weighted by molar-refractivity contribution is 6.30. The van der Waals surface area contributed by atoms with E-state index in [0.29, 0.717) is 29.1 Å². The van der Waals surface area contributed by atoms with Crippen LogP contribution in [0.25, 0.3) is 5.65 Å². The van der Waals surface area contributed by atoms with E-state index in [1.165, 1.54) is 6.07 Å². The van der Waals surface area contributed by atoms with Gasteiger partial charge in [-0.3, -0.25) is 4.79 Å². The van der Waals surface area contributed by atoms with Gasteiger partial charge in [0.05, 0.1) is 16.1 Å². The Hall–Kier alpha value is -2.40. The van der Waals surface area contributed by atoms with Gasteiger partial charge in [-0.1, -0.05) is 42.6 Å². The van der Waals surface area contributed by atoms with Crippen LogP contribution in [0.15, 0.2) is 48.8 Å². The predicted octanol–water partition coefficient (Wildman–Crippen LogP) is 4.68. The van der Waals surface area contributed by atoms with Crippen molar-refractivity contribution < 1.29 is 13.9 Å². The van der Waals surface area contributed by atoms with Gasteiger partial charge in [-0.2, -0.15) is 0 Å². The highest BCUT2D eigenvalue weighted by Crippen LogP contribution is 2.43. The van der Waals surface area contributed by atoms with Crippen LogP contribution in [-0.2, 0) is 21.6 Å². The van der Waals surface area contributed by atoms with E-state index < -0.39 is 5.41 Å². The Labute approximate surface area is 155 Å². The van der Waals surface area contributed by atoms with Crippen LogP contribution in [0.2, 0.25) is 5.02 Å². The first-order valence-corrected chi connectivity index (χ1v) is 9.02. The molecule has 1 aliphatic rings. The van der Waals surface area contributed by atoms with Gasteiger partial charge in [-0.15, -0.1) is 0 Å². The molecule has 0 saturated heterocycles. The molecule has 2 aromatic heterocycles. The van der Waals surface area contributed by atoms with Crippen LogP contribution in [0.4, 0.5) is 4.39 Å². The number of benzene rings is 1. The van der Waals surface area contributed by atoms with Gasteiger partial charge in [0, 0.05) is 18.0 Å². The fraction of sp³-hybridized carbons (Fsp3) is 0.300. The molecule has 1 aliphatic carbocycles. The van der Waals surface area contributed by atoms with Crippen molar-refractivity contribution in [1.29, 1.82) is 0 Å². The fourth-order valence-corrected chi connectivity index (χ4v) is 3.94. The number of imidazole rings is 1. The van der Waals surface area contributed by atoms with Crippen molar-refractivity contribution in [3.8, 4) is 0 Å². The first-order chi connectivity index (χ1) is 12.6. The van der Waals surface area contributed by atoms with Crippen LogP contribution in [0.1, 0.15) is 36.9 Å². The Morgan fingerprint density at radius 1 is 1.19 bits per heavy atom. The maximum Gasteiger partial charge on any atom is 0.317 e. The fourth-order valence-electron chi connectivity index (χ4n) is 3.78. The van der Waals surface area contributed by atoms with Gasteiger partial charge in [-0.05, 0) is 31.0 Å². The highest BCUT2D eigenvalue weighted by Gasteiger charge is 2.45. The molecule has 1 saturated carbocycles. The number of pyridine rings is 1. The molecule has 0 unspecified atom stereocenters. The molecule has 26 heavy (non-hydrogen) atoms. The summed E-state index contributed by atoms with van der Waals surface area (Å²) in [6.45, 7) is 0.0499. The minimum Gasteiger partial charge on any atom is -0.458 e. The summed E-state index contributed by atoms with van der Waals surface area (Å²) in [6.07, 6.45) is 6.50. The van der Waals surface area contributed by atoms with Gasteiger partial charge < -0.3 is 9.14 Å². The van der Waals surface area contributed by atoms with E-state index in [4.69, 9.17) is 16.3 Å². The Balaban J connectivity index is 1.56. The molecule has 1 aromatic carbocycles. The largest absolute Gasteiger partial charge is 0.458 e. The lowest BCUT2D eigenvalue weighted by molar-refractivity contribution is -0.152. The van der Waals surface area contributed by atoms with Crippen LogP contribution >= 0.6 is 11.6 Å². The zero-order valence-electron chi connectivity index (χ0n) is 14.1. The van der Waals surface area contributed by atoms with Gasteiger partial charge in [0.2, 0.25) is 0 Å². The number of rotatable bonds is 4. The molecule has 0 aliphatic heterocycles. The van der Waals surface area contributed by atoms with Crippen LogP contribution in [0.5, 0.6) is 0 Å². The third kappa shape index (κ3) is 2.97. The van der Waals surface area contributed by atoms with Gasteiger partial charge in [0.1, 0.15) is 18.1 Å². The Kier molecular flexibility index (Phi) is 4.41. The highest BCUT2D eigenvalue weighted by atomic mass is 35.5. The van der Waals surface area contributed by atoms with Crippen LogP contribution < -0.4 is 0 Å². The monoisotopic (exact) mass is 372 g/mol. The number of esters is 1. The minimum atomic E-state index is -0.895. The minimum absolute atomic E-state index is 0.0499. The molecule has 4 nitrogen and oxygen atoms in total. The number of hydrogen-bond acceptors (Lipinski definition) is 3. The SMILES string of the molecule is O=C(OCc1cn2cc(Cl)ccc2n1)C1(c2ccccc2F)CCCC1. The first-order valence-electron chi connectivity index (χ1n) is 8.64. The molecule has 0 amide bonds. The van der Waals surface area contributed by atoms with Crippen molar-refractivity contribution in [2.75, 3.05) is 0 Å². The quantitative estimate of drug-likeness (QED) is 0.624. The lowest BCUT2D eigenvalue weighted by atomic mass is 9.78. The van der Waals surface area contributed by atoms with E-state index >= 15 is 0 Å². The average molecular weight is 373 g/mol. The molecular weight excluding hydrogens is 355 g/mol. The van der Waals surface area contributed by atoms with Crippen molar-refractivity contribution in [2.24, 2.45) is 0 Å². The Bertz CT molecular complexity index is 963.